The number of ether oxygens (including phenoxy) is 13. The van der Waals surface area contributed by atoms with Gasteiger partial charge in [-0.3, -0.25) is 33.6 Å². The standard InChI is InChI=1S/C64H114N4O29.C5H12/c1-42-38-53(95-48(39-69)57(80)56(42)79)92-35-32-89-29-26-86-23-8-12-46(75)15-18-64(68-52(78)14-7-11-45(74)10-5-6-22-85-4,19-16-47(76)13-9-24-87-27-30-90-33-36-93-62-54(66-43(2)72)60(83)58(81)49(40-70)96-62)20-17-51(77)65-21-25-88-28-31-91-34-37-94-63-55(67-44(3)73)61(84)59(82)50(41-71)97-63;1-5(2,3)4/h42,48-50,53-63,69-71,79-84H,5-41H2,1-4H3,(H,65,77)(H,66,72)(H,67,73)(H,68,78);1-4H3. The Hall–Kier alpha value is -3.99. The fourth-order valence-electron chi connectivity index (χ4n) is 11.0. The molecule has 16 unspecified atom stereocenters. The van der Waals surface area contributed by atoms with Crippen molar-refractivity contribution in [2.75, 3.05) is 139 Å². The van der Waals surface area contributed by atoms with Gasteiger partial charge >= 0.3 is 0 Å². The summed E-state index contributed by atoms with van der Waals surface area (Å²) in [6, 6.07) is -2.20. The normalized spacial score (nSPS) is 25.8. The molecule has 33 nitrogen and oxygen atoms in total. The predicted molar refractivity (Wildman–Crippen MR) is 365 cm³/mol. The van der Waals surface area contributed by atoms with Crippen molar-refractivity contribution >= 4 is 41.0 Å². The summed E-state index contributed by atoms with van der Waals surface area (Å²) in [6.07, 6.45) is -11.0. The van der Waals surface area contributed by atoms with Gasteiger partial charge in [0, 0.05) is 111 Å². The smallest absolute Gasteiger partial charge is 0.220 e. The largest absolute Gasteiger partial charge is 0.394 e. The monoisotopic (exact) mass is 1470 g/mol. The minimum Gasteiger partial charge on any atom is -0.394 e. The lowest BCUT2D eigenvalue weighted by molar-refractivity contribution is -0.272. The highest BCUT2D eigenvalue weighted by molar-refractivity contribution is 5.82. The molecule has 0 aromatic carbocycles. The molecule has 0 spiro atoms. The molecule has 3 rings (SSSR count). The Morgan fingerprint density at radius 2 is 0.804 bits per heavy atom. The van der Waals surface area contributed by atoms with E-state index in [1.807, 2.05) is 0 Å². The third-order valence-electron chi connectivity index (χ3n) is 16.5. The number of hydrogen-bond donors (Lipinski definition) is 13. The van der Waals surface area contributed by atoms with Crippen LogP contribution < -0.4 is 21.3 Å². The van der Waals surface area contributed by atoms with Crippen LogP contribution in [0.3, 0.4) is 0 Å². The van der Waals surface area contributed by atoms with Gasteiger partial charge in [-0.15, -0.1) is 0 Å². The van der Waals surface area contributed by atoms with Gasteiger partial charge in [0.2, 0.25) is 23.6 Å². The molecule has 3 saturated heterocycles. The van der Waals surface area contributed by atoms with Gasteiger partial charge in [0.1, 0.15) is 78.3 Å². The quantitative estimate of drug-likeness (QED) is 0.0328. The van der Waals surface area contributed by atoms with E-state index in [1.54, 1.807) is 14.0 Å². The van der Waals surface area contributed by atoms with Crippen molar-refractivity contribution in [3.05, 3.63) is 0 Å². The maximum Gasteiger partial charge on any atom is 0.220 e. The van der Waals surface area contributed by atoms with Gasteiger partial charge in [0.05, 0.1) is 112 Å². The average Bonchev–Trinajstić information content (AvgIpc) is 1.04. The molecule has 3 aliphatic rings. The van der Waals surface area contributed by atoms with Gasteiger partial charge in [-0.05, 0) is 62.7 Å². The molecule has 3 fully saturated rings. The number of aliphatic hydroxyl groups is 9. The van der Waals surface area contributed by atoms with E-state index in [0.29, 0.717) is 44.1 Å². The van der Waals surface area contributed by atoms with Crippen LogP contribution in [0, 0.1) is 11.3 Å². The number of rotatable bonds is 56. The molecule has 0 saturated carbocycles. The van der Waals surface area contributed by atoms with Crippen molar-refractivity contribution in [2.24, 2.45) is 11.3 Å². The Bertz CT molecular complexity index is 2200. The maximum absolute atomic E-state index is 13.9. The molecule has 102 heavy (non-hydrogen) atoms. The summed E-state index contributed by atoms with van der Waals surface area (Å²) in [6.45, 7) is 13.9. The first-order valence-corrected chi connectivity index (χ1v) is 35.9. The van der Waals surface area contributed by atoms with E-state index in [2.05, 4.69) is 49.0 Å². The Balaban J connectivity index is 0.00000681. The fraction of sp³-hybridized carbons (Fsp3) is 0.899. The number of unbranched alkanes of at least 4 members (excludes halogenated alkanes) is 1. The molecule has 16 atom stereocenters. The third kappa shape index (κ3) is 41.8. The molecule has 3 heterocycles. The molecule has 0 aromatic heterocycles. The van der Waals surface area contributed by atoms with E-state index in [1.165, 1.54) is 13.8 Å². The molecule has 13 N–H and O–H groups in total. The summed E-state index contributed by atoms with van der Waals surface area (Å²) >= 11 is 0. The zero-order chi connectivity index (χ0) is 75.9. The van der Waals surface area contributed by atoms with E-state index >= 15 is 0 Å². The molecule has 0 radical (unpaired) electrons. The van der Waals surface area contributed by atoms with Gasteiger partial charge in [-0.25, -0.2) is 0 Å². The van der Waals surface area contributed by atoms with Gasteiger partial charge in [-0.1, -0.05) is 34.6 Å². The molecular weight excluding hydrogens is 1350 g/mol. The van der Waals surface area contributed by atoms with E-state index in [0.717, 1.165) is 6.42 Å². The summed E-state index contributed by atoms with van der Waals surface area (Å²) in [5.74, 6) is -2.39. The van der Waals surface area contributed by atoms with E-state index in [9.17, 15) is 79.5 Å². The molecule has 33 heteroatoms. The molecule has 0 aromatic rings. The number of Topliss-reactive ketones (excluding diaryl/α,β-unsaturated/α-hetero) is 3. The number of hydrogen-bond acceptors (Lipinski definition) is 29. The lowest BCUT2D eigenvalue weighted by Gasteiger charge is -2.42. The van der Waals surface area contributed by atoms with Crippen LogP contribution in [0.1, 0.15) is 158 Å². The summed E-state index contributed by atoms with van der Waals surface area (Å²) in [4.78, 5) is 90.7. The van der Waals surface area contributed by atoms with E-state index in [4.69, 9.17) is 61.6 Å². The SMILES string of the molecule is CC(C)(C)C.COCCCCC(=O)CCCC(=O)NC(CCC(=O)CCCOCCOCCOC1CC(C)C(O)C(O)C(CO)O1)(CCC(=O)CCCOCCOCCOC1OC(CO)C(O)C(O)C1NC(C)=O)CCC(=O)NCCOCCOCCOC1OC(CO)C(O)C(O)C1NC(C)=O. The van der Waals surface area contributed by atoms with Crippen molar-refractivity contribution in [3.8, 4) is 0 Å². The predicted octanol–water partition coefficient (Wildman–Crippen LogP) is -0.893. The number of ketones is 3. The van der Waals surface area contributed by atoms with Crippen LogP contribution in [0.2, 0.25) is 0 Å². The molecule has 0 aliphatic carbocycles. The van der Waals surface area contributed by atoms with Crippen molar-refractivity contribution in [3.63, 3.8) is 0 Å². The first kappa shape index (κ1) is 94.1. The van der Waals surface area contributed by atoms with Crippen molar-refractivity contribution in [2.45, 2.75) is 249 Å². The molecule has 596 valence electrons. The van der Waals surface area contributed by atoms with Gasteiger partial charge in [0.25, 0.3) is 0 Å². The van der Waals surface area contributed by atoms with E-state index in [-0.39, 0.29) is 205 Å². The topological polar surface area (TPSA) is 470 Å². The third-order valence-corrected chi connectivity index (χ3v) is 16.5. The summed E-state index contributed by atoms with van der Waals surface area (Å²) in [7, 11) is 1.58. The number of nitrogens with one attached hydrogen (secondary N) is 4. The summed E-state index contributed by atoms with van der Waals surface area (Å²) < 4.78 is 72.7. The lowest BCUT2D eigenvalue weighted by atomic mass is 9.81. The second-order valence-corrected chi connectivity index (χ2v) is 27.4. The Kier molecular flexibility index (Phi) is 50.3. The summed E-state index contributed by atoms with van der Waals surface area (Å²) in [5.41, 5.74) is -0.703. The molecular formula is C69H126N4O29. The maximum atomic E-state index is 13.9. The first-order chi connectivity index (χ1) is 48.6. The van der Waals surface area contributed by atoms with Crippen LogP contribution in [-0.2, 0) is 95.1 Å². The van der Waals surface area contributed by atoms with Gasteiger partial charge < -0.3 is 129 Å². The average molecular weight is 1480 g/mol. The van der Waals surface area contributed by atoms with Crippen LogP contribution in [0.4, 0.5) is 0 Å². The van der Waals surface area contributed by atoms with Crippen molar-refractivity contribution in [1.29, 1.82) is 0 Å². The van der Waals surface area contributed by atoms with Crippen LogP contribution >= 0.6 is 0 Å². The second kappa shape index (κ2) is 54.6. The van der Waals surface area contributed by atoms with Gasteiger partial charge in [-0.2, -0.15) is 0 Å². The van der Waals surface area contributed by atoms with Crippen molar-refractivity contribution in [1.82, 2.24) is 21.3 Å². The number of amides is 4. The minimum atomic E-state index is -1.46. The lowest BCUT2D eigenvalue weighted by Crippen LogP contribution is -2.64. The Labute approximate surface area is 600 Å². The van der Waals surface area contributed by atoms with Crippen LogP contribution in [0.15, 0.2) is 0 Å². The van der Waals surface area contributed by atoms with Crippen LogP contribution in [0.5, 0.6) is 0 Å². The summed E-state index contributed by atoms with van der Waals surface area (Å²) in [5, 5.41) is 102. The minimum absolute atomic E-state index is 0.00350. The second-order valence-electron chi connectivity index (χ2n) is 27.4. The number of carbonyl (C=O) groups is 7. The van der Waals surface area contributed by atoms with Crippen molar-refractivity contribution < 1.29 is 141 Å². The first-order valence-electron chi connectivity index (χ1n) is 35.9. The highest BCUT2D eigenvalue weighted by Crippen LogP contribution is 2.30. The van der Waals surface area contributed by atoms with Gasteiger partial charge in [0.15, 0.2) is 18.9 Å². The Morgan fingerprint density at radius 3 is 1.25 bits per heavy atom. The highest BCUT2D eigenvalue weighted by atomic mass is 16.7. The number of methoxy groups -OCH3 is 1. The highest BCUT2D eigenvalue weighted by Gasteiger charge is 2.47. The zero-order valence-corrected chi connectivity index (χ0v) is 61.5. The Morgan fingerprint density at radius 1 is 0.422 bits per heavy atom. The number of aliphatic hydroxyl groups excluding tert-OH is 9. The molecule has 0 bridgehead atoms. The van der Waals surface area contributed by atoms with E-state index < -0.39 is 129 Å². The molecule has 4 amide bonds. The van der Waals surface area contributed by atoms with Crippen LogP contribution in [0.25, 0.3) is 0 Å². The van der Waals surface area contributed by atoms with Crippen LogP contribution in [-0.4, -0.2) is 318 Å². The number of carbonyl (C=O) groups excluding carboxylic acids is 7. The fourth-order valence-corrected chi connectivity index (χ4v) is 11.0. The zero-order valence-electron chi connectivity index (χ0n) is 61.5. The molecule has 3 aliphatic heterocycles.